The first-order valence-corrected chi connectivity index (χ1v) is 9.15. The van der Waals surface area contributed by atoms with E-state index in [9.17, 15) is 24.0 Å². The Balaban J connectivity index is 0. The van der Waals surface area contributed by atoms with Crippen LogP contribution in [-0.4, -0.2) is 47.3 Å². The maximum atomic E-state index is 12.2. The summed E-state index contributed by atoms with van der Waals surface area (Å²) in [6.45, 7) is 8.15. The van der Waals surface area contributed by atoms with Crippen LogP contribution >= 0.6 is 0 Å². The summed E-state index contributed by atoms with van der Waals surface area (Å²) in [6, 6.07) is 6.07. The number of carbonyl (C=O) groups excluding carboxylic acids is 4. The Morgan fingerprint density at radius 1 is 0.844 bits per heavy atom. The van der Waals surface area contributed by atoms with Crippen molar-refractivity contribution in [3.05, 3.63) is 49.2 Å². The first-order valence-electron chi connectivity index (χ1n) is 9.15. The molecule has 0 saturated carbocycles. The number of hydrogen-bond acceptors (Lipinski definition) is 5. The zero-order chi connectivity index (χ0) is 22.7. The van der Waals surface area contributed by atoms with Crippen LogP contribution in [0.5, 0.6) is 0 Å². The number of hydrogen-bond donors (Lipinski definition) is 5. The van der Waals surface area contributed by atoms with Crippen molar-refractivity contribution in [1.29, 1.82) is 0 Å². The van der Waals surface area contributed by atoms with Crippen molar-refractivity contribution in [3.63, 3.8) is 0 Å². The SMILES string of the molecule is [CH2-]C(=O)NCC(NC([CH2-])=O)C(=O)NCc1ccc(CNC(=O)[C@@H](C)CC(=O)O)cc1.[Gd].[Gd]. The van der Waals surface area contributed by atoms with E-state index in [2.05, 4.69) is 35.1 Å². The molecule has 5 N–H and O–H groups in total. The van der Waals surface area contributed by atoms with Crippen molar-refractivity contribution in [2.75, 3.05) is 6.54 Å². The molecular weight excluding hydrogens is 707 g/mol. The number of carboxylic acid groups (broad SMARTS) is 1. The molecule has 10 nitrogen and oxygen atoms in total. The van der Waals surface area contributed by atoms with Gasteiger partial charge < -0.3 is 49.8 Å². The molecule has 12 heteroatoms. The van der Waals surface area contributed by atoms with Gasteiger partial charge in [0.1, 0.15) is 6.04 Å². The molecule has 180 valence electrons. The minimum atomic E-state index is -1.03. The molecule has 0 heterocycles. The van der Waals surface area contributed by atoms with Gasteiger partial charge in [-0.15, -0.1) is 0 Å². The third-order valence-electron chi connectivity index (χ3n) is 4.04. The molecule has 1 aromatic rings. The second-order valence-electron chi connectivity index (χ2n) is 6.68. The number of carbonyl (C=O) groups is 5. The number of rotatable bonds is 11. The van der Waals surface area contributed by atoms with Crippen LogP contribution < -0.4 is 21.3 Å². The van der Waals surface area contributed by atoms with Gasteiger partial charge >= 0.3 is 5.97 Å². The van der Waals surface area contributed by atoms with Gasteiger partial charge in [0.25, 0.3) is 0 Å². The van der Waals surface area contributed by atoms with E-state index in [4.69, 9.17) is 5.11 Å². The van der Waals surface area contributed by atoms with Crippen LogP contribution in [0.1, 0.15) is 24.5 Å². The number of amides is 4. The van der Waals surface area contributed by atoms with Crippen molar-refractivity contribution >= 4 is 29.6 Å². The predicted molar refractivity (Wildman–Crippen MR) is 107 cm³/mol. The fourth-order valence-electron chi connectivity index (χ4n) is 2.42. The zero-order valence-electron chi connectivity index (χ0n) is 17.4. The molecule has 0 bridgehead atoms. The Morgan fingerprint density at radius 2 is 1.31 bits per heavy atom. The molecule has 0 aliphatic rings. The molecule has 32 heavy (non-hydrogen) atoms. The van der Waals surface area contributed by atoms with Gasteiger partial charge in [-0.25, -0.2) is 0 Å². The van der Waals surface area contributed by atoms with Gasteiger partial charge in [-0.2, -0.15) is 0 Å². The minimum Gasteiger partial charge on any atom is -0.481 e. The van der Waals surface area contributed by atoms with Gasteiger partial charge in [0.2, 0.25) is 11.8 Å². The molecule has 0 aliphatic heterocycles. The quantitative estimate of drug-likeness (QED) is 0.190. The van der Waals surface area contributed by atoms with E-state index in [0.717, 1.165) is 11.1 Å². The molecule has 0 radical (unpaired) electrons. The van der Waals surface area contributed by atoms with Crippen molar-refractivity contribution in [3.8, 4) is 0 Å². The fourth-order valence-corrected chi connectivity index (χ4v) is 2.42. The van der Waals surface area contributed by atoms with Gasteiger partial charge in [0.15, 0.2) is 0 Å². The molecule has 0 spiro atoms. The van der Waals surface area contributed by atoms with Crippen molar-refractivity contribution in [1.82, 2.24) is 21.3 Å². The van der Waals surface area contributed by atoms with Crippen LogP contribution in [0, 0.1) is 99.6 Å². The summed E-state index contributed by atoms with van der Waals surface area (Å²) in [5.41, 5.74) is 1.58. The van der Waals surface area contributed by atoms with E-state index in [0.29, 0.717) is 0 Å². The van der Waals surface area contributed by atoms with Gasteiger partial charge in [-0.1, -0.05) is 31.2 Å². The van der Waals surface area contributed by atoms with E-state index in [1.165, 1.54) is 0 Å². The van der Waals surface area contributed by atoms with Crippen LogP contribution in [0.15, 0.2) is 24.3 Å². The summed E-state index contributed by atoms with van der Waals surface area (Å²) >= 11 is 0. The molecule has 1 unspecified atom stereocenters. The molecule has 2 atom stereocenters. The van der Waals surface area contributed by atoms with Gasteiger partial charge in [0, 0.05) is 105 Å². The van der Waals surface area contributed by atoms with Crippen molar-refractivity contribution < 1.29 is 109 Å². The normalized spacial score (nSPS) is 11.4. The Morgan fingerprint density at radius 3 is 1.72 bits per heavy atom. The molecule has 0 fully saturated rings. The molecule has 0 aliphatic carbocycles. The molecule has 4 amide bonds. The molecular formula is C20H26Gd2N4O6-2. The molecule has 1 aromatic carbocycles. The predicted octanol–water partition coefficient (Wildman–Crippen LogP) is -0.701. The summed E-state index contributed by atoms with van der Waals surface area (Å²) in [6.07, 6.45) is -0.238. The van der Waals surface area contributed by atoms with Crippen LogP contribution in [0.25, 0.3) is 0 Å². The number of benzene rings is 1. The smallest absolute Gasteiger partial charge is 0.304 e. The van der Waals surface area contributed by atoms with Crippen LogP contribution in [0.4, 0.5) is 0 Å². The van der Waals surface area contributed by atoms with E-state index in [1.807, 2.05) is 0 Å². The Bertz CT molecular complexity index is 789. The number of aliphatic carboxylic acids is 1. The third-order valence-corrected chi connectivity index (χ3v) is 4.04. The van der Waals surface area contributed by atoms with Crippen LogP contribution in [0.2, 0.25) is 0 Å². The van der Waals surface area contributed by atoms with Gasteiger partial charge in [-0.05, 0) is 11.1 Å². The van der Waals surface area contributed by atoms with Gasteiger partial charge in [0.05, 0.1) is 18.2 Å². The first-order chi connectivity index (χ1) is 14.1. The average molecular weight is 733 g/mol. The van der Waals surface area contributed by atoms with Crippen LogP contribution in [0.3, 0.4) is 0 Å². The summed E-state index contributed by atoms with van der Waals surface area (Å²) in [5, 5.41) is 18.7. The Hall–Kier alpha value is -1.04. The van der Waals surface area contributed by atoms with Crippen LogP contribution in [-0.2, 0) is 37.1 Å². The van der Waals surface area contributed by atoms with Crippen molar-refractivity contribution in [2.45, 2.75) is 32.5 Å². The summed E-state index contributed by atoms with van der Waals surface area (Å²) < 4.78 is 0. The maximum Gasteiger partial charge on any atom is 0.304 e. The second kappa shape index (κ2) is 17.4. The largest absolute Gasteiger partial charge is 0.481 e. The average Bonchev–Trinajstić information content (AvgIpc) is 2.67. The Kier molecular flexibility index (Phi) is 18.1. The maximum absolute atomic E-state index is 12.2. The molecule has 0 saturated heterocycles. The summed E-state index contributed by atoms with van der Waals surface area (Å²) in [5.74, 6) is -3.73. The first kappa shape index (κ1) is 33.1. The topological polar surface area (TPSA) is 154 Å². The molecule has 1 rings (SSSR count). The summed E-state index contributed by atoms with van der Waals surface area (Å²) in [4.78, 5) is 56.8. The second-order valence-corrected chi connectivity index (χ2v) is 6.68. The standard InChI is InChI=1S/C20H26N4O6.2Gd/c1-12(8-18(27)28)19(29)22-9-15-4-6-16(7-5-15)10-23-20(30)17(24-14(3)26)11-21-13(2)25;;/h4-7,12,17H,2-3,8-11H2,1H3,(H,21,25)(H,22,29)(H,23,30)(H,24,26)(H,27,28);;/q-2;;/t12-,17?;;/m0../s1. The monoisotopic (exact) mass is 734 g/mol. The number of nitrogens with one attached hydrogen (secondary N) is 4. The minimum absolute atomic E-state index is 0. The third kappa shape index (κ3) is 14.2. The fraction of sp³-hybridized carbons (Fsp3) is 0.350. The van der Waals surface area contributed by atoms with Gasteiger partial charge in [-0.3, -0.25) is 14.4 Å². The zero-order valence-corrected chi connectivity index (χ0v) is 21.9. The molecule has 0 aromatic heterocycles. The van der Waals surface area contributed by atoms with E-state index in [-0.39, 0.29) is 112 Å². The summed E-state index contributed by atoms with van der Waals surface area (Å²) in [7, 11) is 0. The van der Waals surface area contributed by atoms with E-state index >= 15 is 0 Å². The van der Waals surface area contributed by atoms with E-state index in [1.54, 1.807) is 31.2 Å². The number of carboxylic acids is 1. The van der Waals surface area contributed by atoms with Crippen molar-refractivity contribution in [2.24, 2.45) is 5.92 Å². The van der Waals surface area contributed by atoms with E-state index < -0.39 is 35.7 Å². The Labute approximate surface area is 251 Å².